The number of hydrogen-bond acceptors (Lipinski definition) is 14. The van der Waals surface area contributed by atoms with E-state index >= 15 is 0 Å². The van der Waals surface area contributed by atoms with Gasteiger partial charge in [-0.3, -0.25) is 24.0 Å². The van der Waals surface area contributed by atoms with E-state index in [2.05, 4.69) is 57.1 Å². The smallest absolute Gasteiger partial charge is 0.373 e. The Labute approximate surface area is 347 Å². The maximum atomic E-state index is 12.7. The lowest BCUT2D eigenvalue weighted by molar-refractivity contribution is -0.191. The molecule has 0 aromatic heterocycles. The molecule has 0 saturated carbocycles. The SMILES string of the molecule is CC(=O)Oc1ccc(C[C@H](C)CC(C)C(C)(C)C)cc1NC(=O)CCOCCOCCOCCCC(=O)C#CC(=O)NCCOCCOCCOCCC(=O)O.O=C=O. The highest BCUT2D eigenvalue weighted by Gasteiger charge is 2.22. The first-order valence-electron chi connectivity index (χ1n) is 19.7. The van der Waals surface area contributed by atoms with Crippen molar-refractivity contribution in [3.05, 3.63) is 23.8 Å². The fourth-order valence-corrected chi connectivity index (χ4v) is 4.91. The number of nitrogens with one attached hydrogen (secondary N) is 2. The number of hydrogen-bond donors (Lipinski definition) is 3. The number of anilines is 1. The van der Waals surface area contributed by atoms with Gasteiger partial charge in [-0.25, -0.2) is 0 Å². The van der Waals surface area contributed by atoms with Gasteiger partial charge in [0.1, 0.15) is 0 Å². The third kappa shape index (κ3) is 33.0. The minimum atomic E-state index is -0.914. The van der Waals surface area contributed by atoms with Gasteiger partial charge in [-0.15, -0.1) is 0 Å². The Balaban J connectivity index is 0.0000108. The summed E-state index contributed by atoms with van der Waals surface area (Å²) in [6, 6.07) is 5.53. The summed E-state index contributed by atoms with van der Waals surface area (Å²) >= 11 is 0. The summed E-state index contributed by atoms with van der Waals surface area (Å²) < 4.78 is 37.5. The van der Waals surface area contributed by atoms with E-state index in [1.807, 2.05) is 12.1 Å². The number of carbonyl (C=O) groups excluding carboxylic acids is 6. The summed E-state index contributed by atoms with van der Waals surface area (Å²) in [5.74, 6) is 3.30. The van der Waals surface area contributed by atoms with Gasteiger partial charge in [0.2, 0.25) is 11.7 Å². The molecule has 0 aliphatic heterocycles. The zero-order chi connectivity index (χ0) is 44.3. The first-order valence-corrected chi connectivity index (χ1v) is 19.7. The van der Waals surface area contributed by atoms with Crippen LogP contribution in [0, 0.1) is 29.1 Å². The van der Waals surface area contributed by atoms with E-state index in [1.165, 1.54) is 6.92 Å². The third-order valence-corrected chi connectivity index (χ3v) is 8.35. The predicted octanol–water partition coefficient (Wildman–Crippen LogP) is 3.65. The first kappa shape index (κ1) is 54.5. The minimum absolute atomic E-state index is 0.0497. The van der Waals surface area contributed by atoms with Crippen molar-refractivity contribution < 1.29 is 71.8 Å². The summed E-state index contributed by atoms with van der Waals surface area (Å²) in [4.78, 5) is 74.6. The number of rotatable bonds is 31. The number of carboxylic acids is 1. The Morgan fingerprint density at radius 2 is 1.25 bits per heavy atom. The lowest BCUT2D eigenvalue weighted by Crippen LogP contribution is -2.26. The lowest BCUT2D eigenvalue weighted by atomic mass is 9.76. The molecule has 1 aromatic rings. The molecule has 3 N–H and O–H groups in total. The van der Waals surface area contributed by atoms with E-state index in [-0.39, 0.29) is 68.9 Å². The molecule has 0 bridgehead atoms. The quantitative estimate of drug-likeness (QED) is 0.0319. The van der Waals surface area contributed by atoms with Crippen LogP contribution in [0.3, 0.4) is 0 Å². The van der Waals surface area contributed by atoms with E-state index in [9.17, 15) is 24.0 Å². The molecule has 2 amide bonds. The predicted molar refractivity (Wildman–Crippen MR) is 214 cm³/mol. The number of carbonyl (C=O) groups is 5. The minimum Gasteiger partial charge on any atom is -0.481 e. The number of Topliss-reactive ketones (excluding diaryl/α,β-unsaturated/α-hetero) is 1. The normalized spacial score (nSPS) is 11.8. The number of benzene rings is 1. The molecule has 0 aliphatic carbocycles. The highest BCUT2D eigenvalue weighted by molar-refractivity contribution is 6.03. The standard InChI is InChI=1S/C41H64N2O13.CO2/c1-31(28-32(2)41(4,5)6)29-34-9-11-37(56-33(3)44)36(30-34)43-39(47)13-17-51-21-25-54-24-20-50-16-7-8-35(45)10-12-38(46)42-15-19-53-23-27-55-26-22-52-18-14-40(48)49;2-1-3/h9,11,30-32H,7-8,13-29H2,1-6H3,(H,42,46)(H,43,47)(H,48,49);/t31-,32?;/m1./s1. The van der Waals surface area contributed by atoms with E-state index < -0.39 is 17.8 Å². The average Bonchev–Trinajstić information content (AvgIpc) is 3.15. The van der Waals surface area contributed by atoms with Crippen LogP contribution in [-0.2, 0) is 68.4 Å². The zero-order valence-electron chi connectivity index (χ0n) is 35.5. The van der Waals surface area contributed by atoms with Gasteiger partial charge < -0.3 is 48.9 Å². The second kappa shape index (κ2) is 34.3. The second-order valence-corrected chi connectivity index (χ2v) is 14.5. The van der Waals surface area contributed by atoms with Gasteiger partial charge in [-0.2, -0.15) is 9.59 Å². The molecular weight excluding hydrogens is 772 g/mol. The molecule has 0 saturated heterocycles. The molecule has 17 nitrogen and oxygen atoms in total. The Bertz CT molecular complexity index is 1480. The number of ketones is 1. The number of amides is 2. The fourth-order valence-electron chi connectivity index (χ4n) is 4.91. The Hall–Kier alpha value is -4.53. The van der Waals surface area contributed by atoms with Crippen molar-refractivity contribution >= 4 is 41.4 Å². The van der Waals surface area contributed by atoms with Crippen molar-refractivity contribution in [2.24, 2.45) is 17.3 Å². The molecule has 2 atom stereocenters. The number of ether oxygens (including phenoxy) is 7. The Kier molecular flexibility index (Phi) is 31.7. The molecule has 332 valence electrons. The van der Waals surface area contributed by atoms with Crippen LogP contribution < -0.4 is 15.4 Å². The summed E-state index contributed by atoms with van der Waals surface area (Å²) in [6.45, 7) is 16.3. The van der Waals surface area contributed by atoms with Crippen LogP contribution in [0.15, 0.2) is 18.2 Å². The van der Waals surface area contributed by atoms with E-state index in [4.69, 9.17) is 47.9 Å². The summed E-state index contributed by atoms with van der Waals surface area (Å²) in [5, 5.41) is 13.9. The highest BCUT2D eigenvalue weighted by Crippen LogP contribution is 2.33. The van der Waals surface area contributed by atoms with Crippen LogP contribution in [-0.4, -0.2) is 127 Å². The molecule has 59 heavy (non-hydrogen) atoms. The van der Waals surface area contributed by atoms with Gasteiger partial charge in [-0.1, -0.05) is 40.7 Å². The number of esters is 1. The topological polar surface area (TPSA) is 228 Å². The van der Waals surface area contributed by atoms with Crippen LogP contribution in [0.2, 0.25) is 0 Å². The fraction of sp³-hybridized carbons (Fsp3) is 0.667. The molecular formula is C42H64N2O15. The van der Waals surface area contributed by atoms with Crippen LogP contribution in [0.5, 0.6) is 5.75 Å². The van der Waals surface area contributed by atoms with E-state index in [0.717, 1.165) is 18.4 Å². The molecule has 0 aliphatic rings. The summed E-state index contributed by atoms with van der Waals surface area (Å²) in [5.41, 5.74) is 1.74. The first-order chi connectivity index (χ1) is 28.1. The number of aliphatic carboxylic acids is 1. The maximum absolute atomic E-state index is 12.7. The average molecular weight is 837 g/mol. The van der Waals surface area contributed by atoms with Crippen molar-refractivity contribution in [1.29, 1.82) is 0 Å². The van der Waals surface area contributed by atoms with Crippen molar-refractivity contribution in [2.45, 2.75) is 80.1 Å². The largest absolute Gasteiger partial charge is 0.481 e. The summed E-state index contributed by atoms with van der Waals surface area (Å²) in [6.07, 6.45) is 2.84. The molecule has 0 heterocycles. The Morgan fingerprint density at radius 3 is 1.80 bits per heavy atom. The van der Waals surface area contributed by atoms with Gasteiger partial charge in [0.05, 0.1) is 91.2 Å². The molecule has 0 spiro atoms. The Morgan fingerprint density at radius 1 is 0.729 bits per heavy atom. The maximum Gasteiger partial charge on any atom is 0.373 e. The molecule has 0 fully saturated rings. The van der Waals surface area contributed by atoms with Gasteiger partial charge in [0.25, 0.3) is 5.91 Å². The van der Waals surface area contributed by atoms with Gasteiger partial charge in [-0.05, 0) is 60.1 Å². The molecule has 0 radical (unpaired) electrons. The second-order valence-electron chi connectivity index (χ2n) is 14.5. The zero-order valence-corrected chi connectivity index (χ0v) is 35.5. The van der Waals surface area contributed by atoms with Crippen molar-refractivity contribution in [3.63, 3.8) is 0 Å². The van der Waals surface area contributed by atoms with Gasteiger partial charge in [0, 0.05) is 32.4 Å². The monoisotopic (exact) mass is 836 g/mol. The van der Waals surface area contributed by atoms with Crippen molar-refractivity contribution in [3.8, 4) is 17.6 Å². The molecule has 17 heteroatoms. The van der Waals surface area contributed by atoms with E-state index in [1.54, 1.807) is 6.07 Å². The number of carboxylic acid groups (broad SMARTS) is 1. The van der Waals surface area contributed by atoms with Crippen LogP contribution in [0.25, 0.3) is 0 Å². The lowest BCUT2D eigenvalue weighted by Gasteiger charge is -2.29. The van der Waals surface area contributed by atoms with Crippen LogP contribution >= 0.6 is 0 Å². The molecule has 1 rings (SSSR count). The van der Waals surface area contributed by atoms with Crippen molar-refractivity contribution in [1.82, 2.24) is 5.32 Å². The van der Waals surface area contributed by atoms with Crippen LogP contribution in [0.1, 0.15) is 79.2 Å². The van der Waals surface area contributed by atoms with Gasteiger partial charge >= 0.3 is 18.1 Å². The third-order valence-electron chi connectivity index (χ3n) is 8.35. The van der Waals surface area contributed by atoms with Gasteiger partial charge in [0.15, 0.2) is 5.75 Å². The van der Waals surface area contributed by atoms with Crippen LogP contribution in [0.4, 0.5) is 5.69 Å². The van der Waals surface area contributed by atoms with Crippen molar-refractivity contribution in [2.75, 3.05) is 91.1 Å². The highest BCUT2D eigenvalue weighted by atomic mass is 16.6. The van der Waals surface area contributed by atoms with E-state index in [0.29, 0.717) is 89.2 Å². The summed E-state index contributed by atoms with van der Waals surface area (Å²) in [7, 11) is 0. The molecule has 1 aromatic carbocycles. The molecule has 1 unspecified atom stereocenters.